The highest BCUT2D eigenvalue weighted by molar-refractivity contribution is 5.98. The fourth-order valence-corrected chi connectivity index (χ4v) is 2.32. The van der Waals surface area contributed by atoms with Gasteiger partial charge in [0, 0.05) is 6.54 Å². The van der Waals surface area contributed by atoms with Gasteiger partial charge in [0.1, 0.15) is 5.54 Å². The molecular weight excluding hydrogens is 211 g/mol. The first-order valence-corrected chi connectivity index (χ1v) is 5.74. The van der Waals surface area contributed by atoms with Gasteiger partial charge in [0.2, 0.25) is 11.8 Å². The Kier molecular flexibility index (Phi) is 2.86. The van der Waals surface area contributed by atoms with E-state index in [0.717, 1.165) is 12.8 Å². The quantitative estimate of drug-likeness (QED) is 0.760. The summed E-state index contributed by atoms with van der Waals surface area (Å²) in [6.45, 7) is 1.74. The zero-order chi connectivity index (χ0) is 11.8. The maximum Gasteiger partial charge on any atom is 0.248 e. The molecule has 2 amide bonds. The summed E-state index contributed by atoms with van der Waals surface area (Å²) in [4.78, 5) is 25.2. The van der Waals surface area contributed by atoms with Gasteiger partial charge in [-0.15, -0.1) is 0 Å². The highest BCUT2D eigenvalue weighted by Gasteiger charge is 2.52. The lowest BCUT2D eigenvalue weighted by Crippen LogP contribution is -2.66. The van der Waals surface area contributed by atoms with Crippen LogP contribution in [-0.2, 0) is 9.59 Å². The Hall–Kier alpha value is -1.13. The Labute approximate surface area is 94.2 Å². The standard InChI is InChI=1S/C11H17FN2O2/c1-11(8-3-4-8)10(16)14(6-2-5-12)7-9(15)13-11/h8H,2-7H2,1H3,(H,13,15). The number of rotatable bonds is 4. The van der Waals surface area contributed by atoms with Crippen molar-refractivity contribution in [2.75, 3.05) is 19.8 Å². The fourth-order valence-electron chi connectivity index (χ4n) is 2.32. The normalized spacial score (nSPS) is 30.5. The summed E-state index contributed by atoms with van der Waals surface area (Å²) >= 11 is 0. The number of carbonyl (C=O) groups excluding carboxylic acids is 2. The largest absolute Gasteiger partial charge is 0.340 e. The molecule has 2 fully saturated rings. The van der Waals surface area contributed by atoms with Crippen LogP contribution in [0.25, 0.3) is 0 Å². The SMILES string of the molecule is CC1(C2CC2)NC(=O)CN(CCCF)C1=O. The number of carbonyl (C=O) groups is 2. The number of nitrogens with one attached hydrogen (secondary N) is 1. The Morgan fingerprint density at radius 2 is 2.19 bits per heavy atom. The fraction of sp³-hybridized carbons (Fsp3) is 0.818. The molecule has 1 unspecified atom stereocenters. The molecule has 0 aromatic rings. The number of halogens is 1. The molecule has 1 saturated heterocycles. The first kappa shape index (κ1) is 11.4. The number of piperazine rings is 1. The summed E-state index contributed by atoms with van der Waals surface area (Å²) in [5.74, 6) is 0.0769. The van der Waals surface area contributed by atoms with Gasteiger partial charge in [-0.2, -0.15) is 0 Å². The van der Waals surface area contributed by atoms with Gasteiger partial charge in [-0.25, -0.2) is 0 Å². The van der Waals surface area contributed by atoms with Crippen LogP contribution >= 0.6 is 0 Å². The van der Waals surface area contributed by atoms with Crippen molar-refractivity contribution in [1.82, 2.24) is 10.2 Å². The van der Waals surface area contributed by atoms with Crippen LogP contribution in [0.3, 0.4) is 0 Å². The van der Waals surface area contributed by atoms with Crippen molar-refractivity contribution in [2.45, 2.75) is 31.7 Å². The van der Waals surface area contributed by atoms with Gasteiger partial charge in [-0.3, -0.25) is 14.0 Å². The molecule has 5 heteroatoms. The molecule has 16 heavy (non-hydrogen) atoms. The minimum Gasteiger partial charge on any atom is -0.340 e. The zero-order valence-corrected chi connectivity index (χ0v) is 9.46. The molecule has 0 aromatic carbocycles. The third-order valence-corrected chi connectivity index (χ3v) is 3.42. The molecule has 1 N–H and O–H groups in total. The highest BCUT2D eigenvalue weighted by Crippen LogP contribution is 2.41. The van der Waals surface area contributed by atoms with E-state index in [9.17, 15) is 14.0 Å². The molecule has 2 rings (SSSR count). The van der Waals surface area contributed by atoms with Crippen molar-refractivity contribution in [3.8, 4) is 0 Å². The molecule has 0 radical (unpaired) electrons. The summed E-state index contributed by atoms with van der Waals surface area (Å²) in [5, 5.41) is 2.79. The van der Waals surface area contributed by atoms with Crippen LogP contribution in [-0.4, -0.2) is 42.0 Å². The molecule has 2 aliphatic rings. The predicted octanol–water partition coefficient (Wildman–Crippen LogP) is 0.473. The van der Waals surface area contributed by atoms with Gasteiger partial charge < -0.3 is 10.2 Å². The molecule has 0 aromatic heterocycles. The zero-order valence-electron chi connectivity index (χ0n) is 9.46. The van der Waals surface area contributed by atoms with E-state index in [-0.39, 0.29) is 24.3 Å². The van der Waals surface area contributed by atoms with Crippen LogP contribution in [0.5, 0.6) is 0 Å². The lowest BCUT2D eigenvalue weighted by Gasteiger charge is -2.40. The highest BCUT2D eigenvalue weighted by atomic mass is 19.1. The average molecular weight is 228 g/mol. The summed E-state index contributed by atoms with van der Waals surface area (Å²) in [6, 6.07) is 0. The van der Waals surface area contributed by atoms with E-state index in [0.29, 0.717) is 13.0 Å². The van der Waals surface area contributed by atoms with Crippen molar-refractivity contribution < 1.29 is 14.0 Å². The predicted molar refractivity (Wildman–Crippen MR) is 56.4 cm³/mol. The van der Waals surface area contributed by atoms with E-state index in [1.165, 1.54) is 4.90 Å². The Morgan fingerprint density at radius 3 is 2.75 bits per heavy atom. The molecule has 4 nitrogen and oxygen atoms in total. The summed E-state index contributed by atoms with van der Waals surface area (Å²) < 4.78 is 12.1. The Balaban J connectivity index is 2.09. The van der Waals surface area contributed by atoms with Crippen LogP contribution < -0.4 is 5.32 Å². The van der Waals surface area contributed by atoms with Gasteiger partial charge in [0.25, 0.3) is 0 Å². The Bertz CT molecular complexity index is 317. The van der Waals surface area contributed by atoms with Gasteiger partial charge in [-0.1, -0.05) is 0 Å². The number of amides is 2. The second kappa shape index (κ2) is 4.03. The maximum absolute atomic E-state index is 12.2. The van der Waals surface area contributed by atoms with Crippen LogP contribution in [0.15, 0.2) is 0 Å². The van der Waals surface area contributed by atoms with Crippen LogP contribution in [0, 0.1) is 5.92 Å². The first-order valence-electron chi connectivity index (χ1n) is 5.74. The monoisotopic (exact) mass is 228 g/mol. The summed E-state index contributed by atoms with van der Waals surface area (Å²) in [7, 11) is 0. The Morgan fingerprint density at radius 1 is 1.50 bits per heavy atom. The van der Waals surface area contributed by atoms with Crippen LogP contribution in [0.1, 0.15) is 26.2 Å². The van der Waals surface area contributed by atoms with E-state index in [1.807, 2.05) is 0 Å². The third-order valence-electron chi connectivity index (χ3n) is 3.42. The van der Waals surface area contributed by atoms with Crippen LogP contribution in [0.2, 0.25) is 0 Å². The molecular formula is C11H17FN2O2. The van der Waals surface area contributed by atoms with Crippen molar-refractivity contribution in [2.24, 2.45) is 5.92 Å². The van der Waals surface area contributed by atoms with Crippen molar-refractivity contribution >= 4 is 11.8 Å². The number of hydrogen-bond acceptors (Lipinski definition) is 2. The topological polar surface area (TPSA) is 49.4 Å². The minimum atomic E-state index is -0.744. The van der Waals surface area contributed by atoms with Crippen molar-refractivity contribution in [3.05, 3.63) is 0 Å². The average Bonchev–Trinajstić information content (AvgIpc) is 3.05. The summed E-state index contributed by atoms with van der Waals surface area (Å²) in [5.41, 5.74) is -0.744. The lowest BCUT2D eigenvalue weighted by atomic mass is 9.91. The lowest BCUT2D eigenvalue weighted by molar-refractivity contribution is -0.150. The molecule has 0 spiro atoms. The molecule has 1 heterocycles. The van der Waals surface area contributed by atoms with Crippen molar-refractivity contribution in [3.63, 3.8) is 0 Å². The van der Waals surface area contributed by atoms with E-state index >= 15 is 0 Å². The second-order valence-corrected chi connectivity index (χ2v) is 4.79. The van der Waals surface area contributed by atoms with E-state index in [2.05, 4.69) is 5.32 Å². The van der Waals surface area contributed by atoms with Gasteiger partial charge in [0.05, 0.1) is 13.2 Å². The second-order valence-electron chi connectivity index (χ2n) is 4.79. The minimum absolute atomic E-state index is 0.0527. The van der Waals surface area contributed by atoms with Crippen LogP contribution in [0.4, 0.5) is 4.39 Å². The van der Waals surface area contributed by atoms with E-state index in [4.69, 9.17) is 0 Å². The smallest absolute Gasteiger partial charge is 0.248 e. The summed E-state index contributed by atoms with van der Waals surface area (Å²) in [6.07, 6.45) is 2.28. The maximum atomic E-state index is 12.2. The van der Waals surface area contributed by atoms with E-state index in [1.54, 1.807) is 6.92 Å². The molecule has 1 saturated carbocycles. The molecule has 0 bridgehead atoms. The number of alkyl halides is 1. The molecule has 90 valence electrons. The molecule has 1 atom stereocenters. The molecule has 1 aliphatic carbocycles. The first-order chi connectivity index (χ1) is 7.58. The van der Waals surface area contributed by atoms with Gasteiger partial charge in [0.15, 0.2) is 0 Å². The third kappa shape index (κ3) is 1.90. The van der Waals surface area contributed by atoms with Gasteiger partial charge in [-0.05, 0) is 32.1 Å². The number of hydrogen-bond donors (Lipinski definition) is 1. The van der Waals surface area contributed by atoms with E-state index < -0.39 is 12.2 Å². The molecule has 1 aliphatic heterocycles. The van der Waals surface area contributed by atoms with Crippen molar-refractivity contribution in [1.29, 1.82) is 0 Å². The number of nitrogens with zero attached hydrogens (tertiary/aromatic N) is 1. The van der Waals surface area contributed by atoms with Gasteiger partial charge >= 0.3 is 0 Å².